The number of ether oxygens (including phenoxy) is 1. The van der Waals surface area contributed by atoms with Crippen LogP contribution >= 0.6 is 11.8 Å². The second kappa shape index (κ2) is 7.75. The molecule has 0 amide bonds. The number of rotatable bonds is 7. The summed E-state index contributed by atoms with van der Waals surface area (Å²) in [5, 5.41) is 0. The molecule has 1 aromatic rings. The van der Waals surface area contributed by atoms with E-state index in [-0.39, 0.29) is 6.04 Å². The maximum Gasteiger partial charge on any atom is 0.0470 e. The van der Waals surface area contributed by atoms with Gasteiger partial charge in [-0.25, -0.2) is 0 Å². The highest BCUT2D eigenvalue weighted by Crippen LogP contribution is 2.25. The number of hydrogen-bond donors (Lipinski definition) is 1. The zero-order valence-corrected chi connectivity index (χ0v) is 11.8. The molecule has 0 saturated heterocycles. The van der Waals surface area contributed by atoms with Gasteiger partial charge in [0.05, 0.1) is 0 Å². The van der Waals surface area contributed by atoms with Gasteiger partial charge in [0.1, 0.15) is 0 Å². The lowest BCUT2D eigenvalue weighted by atomic mass is 10.1. The maximum absolute atomic E-state index is 5.89. The van der Waals surface area contributed by atoms with E-state index in [4.69, 9.17) is 10.5 Å². The zero-order chi connectivity index (χ0) is 12.7. The quantitative estimate of drug-likeness (QED) is 0.599. The SMILES string of the molecule is COCCCSc1ccc(C)cc1CC(C)N. The summed E-state index contributed by atoms with van der Waals surface area (Å²) in [6.45, 7) is 5.02. The minimum absolute atomic E-state index is 0.218. The van der Waals surface area contributed by atoms with Crippen LogP contribution in [0.2, 0.25) is 0 Å². The summed E-state index contributed by atoms with van der Waals surface area (Å²) in [7, 11) is 1.75. The molecule has 0 spiro atoms. The largest absolute Gasteiger partial charge is 0.385 e. The molecule has 0 aliphatic heterocycles. The first kappa shape index (κ1) is 14.6. The minimum Gasteiger partial charge on any atom is -0.385 e. The van der Waals surface area contributed by atoms with Gasteiger partial charge >= 0.3 is 0 Å². The monoisotopic (exact) mass is 253 g/mol. The van der Waals surface area contributed by atoms with Gasteiger partial charge in [0.25, 0.3) is 0 Å². The number of nitrogens with two attached hydrogens (primary N) is 1. The molecule has 0 bridgehead atoms. The Morgan fingerprint density at radius 1 is 1.41 bits per heavy atom. The fourth-order valence-corrected chi connectivity index (χ4v) is 2.71. The van der Waals surface area contributed by atoms with Crippen LogP contribution in [0, 0.1) is 6.92 Å². The van der Waals surface area contributed by atoms with Crippen LogP contribution in [0.4, 0.5) is 0 Å². The van der Waals surface area contributed by atoms with Crippen molar-refractivity contribution in [1.29, 1.82) is 0 Å². The molecule has 1 rings (SSSR count). The predicted octanol–water partition coefficient (Wildman–Crippen LogP) is 3.01. The Morgan fingerprint density at radius 3 is 2.82 bits per heavy atom. The van der Waals surface area contributed by atoms with Gasteiger partial charge in [-0.05, 0) is 38.3 Å². The first-order valence-corrected chi connectivity index (χ1v) is 7.09. The third-order valence-corrected chi connectivity index (χ3v) is 3.71. The lowest BCUT2D eigenvalue weighted by Crippen LogP contribution is -2.18. The van der Waals surface area contributed by atoms with Gasteiger partial charge in [-0.15, -0.1) is 11.8 Å². The van der Waals surface area contributed by atoms with Crippen LogP contribution < -0.4 is 5.73 Å². The Kier molecular flexibility index (Phi) is 6.63. The highest BCUT2D eigenvalue weighted by molar-refractivity contribution is 7.99. The summed E-state index contributed by atoms with van der Waals surface area (Å²) in [4.78, 5) is 1.36. The van der Waals surface area contributed by atoms with E-state index >= 15 is 0 Å². The fraction of sp³-hybridized carbons (Fsp3) is 0.571. The number of benzene rings is 1. The van der Waals surface area contributed by atoms with Crippen LogP contribution in [-0.4, -0.2) is 25.5 Å². The molecule has 0 aromatic heterocycles. The van der Waals surface area contributed by atoms with Crippen molar-refractivity contribution in [3.63, 3.8) is 0 Å². The molecule has 3 heteroatoms. The van der Waals surface area contributed by atoms with E-state index in [1.807, 2.05) is 11.8 Å². The third-order valence-electron chi connectivity index (χ3n) is 2.51. The number of aryl methyl sites for hydroxylation is 1. The molecule has 0 heterocycles. The average Bonchev–Trinajstić information content (AvgIpc) is 2.26. The summed E-state index contributed by atoms with van der Waals surface area (Å²) in [5.74, 6) is 1.10. The molecule has 2 nitrogen and oxygen atoms in total. The molecule has 0 aliphatic rings. The van der Waals surface area contributed by atoms with Crippen LogP contribution in [0.25, 0.3) is 0 Å². The van der Waals surface area contributed by atoms with Crippen molar-refractivity contribution in [2.24, 2.45) is 5.73 Å². The molecule has 1 atom stereocenters. The van der Waals surface area contributed by atoms with Crippen LogP contribution in [0.1, 0.15) is 24.5 Å². The fourth-order valence-electron chi connectivity index (χ4n) is 1.74. The molecule has 0 fully saturated rings. The van der Waals surface area contributed by atoms with E-state index in [1.54, 1.807) is 7.11 Å². The van der Waals surface area contributed by atoms with E-state index in [9.17, 15) is 0 Å². The Hall–Kier alpha value is -0.510. The molecule has 2 N–H and O–H groups in total. The number of hydrogen-bond acceptors (Lipinski definition) is 3. The molecule has 0 aliphatic carbocycles. The van der Waals surface area contributed by atoms with Crippen molar-refractivity contribution >= 4 is 11.8 Å². The average molecular weight is 253 g/mol. The van der Waals surface area contributed by atoms with Gasteiger partial charge in [0.2, 0.25) is 0 Å². The minimum atomic E-state index is 0.218. The highest BCUT2D eigenvalue weighted by atomic mass is 32.2. The zero-order valence-electron chi connectivity index (χ0n) is 11.0. The number of methoxy groups -OCH3 is 1. The molecule has 96 valence electrons. The van der Waals surface area contributed by atoms with Crippen molar-refractivity contribution in [2.45, 2.75) is 37.6 Å². The van der Waals surface area contributed by atoms with Crippen molar-refractivity contribution < 1.29 is 4.74 Å². The van der Waals surface area contributed by atoms with E-state index < -0.39 is 0 Å². The molecular formula is C14H23NOS. The summed E-state index contributed by atoms with van der Waals surface area (Å²) >= 11 is 1.90. The van der Waals surface area contributed by atoms with Crippen molar-refractivity contribution in [1.82, 2.24) is 0 Å². The lowest BCUT2D eigenvalue weighted by Gasteiger charge is -2.12. The molecule has 0 saturated carbocycles. The van der Waals surface area contributed by atoms with Crippen LogP contribution in [-0.2, 0) is 11.2 Å². The molecule has 1 aromatic carbocycles. The Bertz CT molecular complexity index is 339. The standard InChI is InChI=1S/C14H23NOS/c1-11-5-6-14(17-8-4-7-16-3)13(9-11)10-12(2)15/h5-6,9,12H,4,7-8,10,15H2,1-3H3. The van der Waals surface area contributed by atoms with Crippen molar-refractivity contribution in [3.05, 3.63) is 29.3 Å². The molecule has 17 heavy (non-hydrogen) atoms. The summed E-state index contributed by atoms with van der Waals surface area (Å²) in [5.41, 5.74) is 8.58. The van der Waals surface area contributed by atoms with Crippen molar-refractivity contribution in [2.75, 3.05) is 19.5 Å². The highest BCUT2D eigenvalue weighted by Gasteiger charge is 2.06. The van der Waals surface area contributed by atoms with Crippen LogP contribution in [0.5, 0.6) is 0 Å². The van der Waals surface area contributed by atoms with Gasteiger partial charge in [-0.1, -0.05) is 17.7 Å². The van der Waals surface area contributed by atoms with Gasteiger partial charge in [-0.2, -0.15) is 0 Å². The second-order valence-electron chi connectivity index (χ2n) is 4.49. The van der Waals surface area contributed by atoms with Crippen LogP contribution in [0.3, 0.4) is 0 Å². The maximum atomic E-state index is 5.89. The first-order chi connectivity index (χ1) is 8.13. The molecule has 1 unspecified atom stereocenters. The van der Waals surface area contributed by atoms with E-state index in [0.717, 1.165) is 25.2 Å². The third kappa shape index (κ3) is 5.57. The van der Waals surface area contributed by atoms with Crippen LogP contribution in [0.15, 0.2) is 23.1 Å². The Balaban J connectivity index is 2.62. The first-order valence-electron chi connectivity index (χ1n) is 6.10. The lowest BCUT2D eigenvalue weighted by molar-refractivity contribution is 0.200. The van der Waals surface area contributed by atoms with E-state index in [0.29, 0.717) is 0 Å². The molecular weight excluding hydrogens is 230 g/mol. The van der Waals surface area contributed by atoms with E-state index in [2.05, 4.69) is 32.0 Å². The van der Waals surface area contributed by atoms with Crippen molar-refractivity contribution in [3.8, 4) is 0 Å². The van der Waals surface area contributed by atoms with Gasteiger partial charge in [-0.3, -0.25) is 0 Å². The van der Waals surface area contributed by atoms with Gasteiger partial charge in [0, 0.05) is 30.4 Å². The van der Waals surface area contributed by atoms with E-state index in [1.165, 1.54) is 16.0 Å². The Labute approximate surface area is 109 Å². The molecule has 0 radical (unpaired) electrons. The second-order valence-corrected chi connectivity index (χ2v) is 5.62. The topological polar surface area (TPSA) is 35.2 Å². The normalized spacial score (nSPS) is 12.7. The summed E-state index contributed by atoms with van der Waals surface area (Å²) < 4.78 is 5.06. The summed E-state index contributed by atoms with van der Waals surface area (Å²) in [6.07, 6.45) is 2.04. The summed E-state index contributed by atoms with van der Waals surface area (Å²) in [6, 6.07) is 6.85. The van der Waals surface area contributed by atoms with Gasteiger partial charge < -0.3 is 10.5 Å². The van der Waals surface area contributed by atoms with Gasteiger partial charge in [0.15, 0.2) is 0 Å². The smallest absolute Gasteiger partial charge is 0.0470 e. The number of thioether (sulfide) groups is 1. The Morgan fingerprint density at radius 2 is 2.18 bits per heavy atom. The predicted molar refractivity (Wildman–Crippen MR) is 75.7 cm³/mol.